The molecule has 2 aliphatic rings. The van der Waals surface area contributed by atoms with E-state index in [0.29, 0.717) is 37.5 Å². The van der Waals surface area contributed by atoms with Gasteiger partial charge in [-0.25, -0.2) is 10.4 Å². The summed E-state index contributed by atoms with van der Waals surface area (Å²) in [6.07, 6.45) is 4.56. The number of hydrogen-bond donors (Lipinski definition) is 4. The fourth-order valence-corrected chi connectivity index (χ4v) is 4.93. The minimum Gasteiger partial charge on any atom is -0.494 e. The van der Waals surface area contributed by atoms with E-state index in [4.69, 9.17) is 19.6 Å². The Morgan fingerprint density at radius 1 is 1.16 bits per heavy atom. The Balaban J connectivity index is 1.60. The van der Waals surface area contributed by atoms with E-state index in [-0.39, 0.29) is 31.1 Å². The van der Waals surface area contributed by atoms with Crippen LogP contribution in [-0.4, -0.2) is 52.9 Å². The first kappa shape index (κ1) is 27.3. The lowest BCUT2D eigenvalue weighted by molar-refractivity contribution is -0.130. The van der Waals surface area contributed by atoms with E-state index in [9.17, 15) is 9.90 Å². The first-order valence-electron chi connectivity index (χ1n) is 12.7. The van der Waals surface area contributed by atoms with Gasteiger partial charge in [0.15, 0.2) is 11.6 Å². The maximum atomic E-state index is 13.8. The SMILES string of the molecule is C=CC[C@]1(C(=O)NNC2CCC(O)CC2)N=C(c2ccc(OCCCO)cc2)O[C@H]1c1ccc(Br)cc1. The zero-order chi connectivity index (χ0) is 26.3. The van der Waals surface area contributed by atoms with Gasteiger partial charge in [0.25, 0.3) is 5.91 Å². The molecule has 1 fully saturated rings. The third-order valence-electron chi connectivity index (χ3n) is 6.74. The topological polar surface area (TPSA) is 112 Å². The van der Waals surface area contributed by atoms with Gasteiger partial charge in [-0.15, -0.1) is 6.58 Å². The van der Waals surface area contributed by atoms with Crippen LogP contribution in [0.5, 0.6) is 5.75 Å². The summed E-state index contributed by atoms with van der Waals surface area (Å²) < 4.78 is 13.0. The Bertz CT molecular complexity index is 1080. The number of carbonyl (C=O) groups is 1. The molecule has 37 heavy (non-hydrogen) atoms. The zero-order valence-electron chi connectivity index (χ0n) is 20.7. The summed E-state index contributed by atoms with van der Waals surface area (Å²) in [7, 11) is 0. The number of amides is 1. The van der Waals surface area contributed by atoms with Crippen molar-refractivity contribution in [2.75, 3.05) is 13.2 Å². The van der Waals surface area contributed by atoms with Gasteiger partial charge in [-0.2, -0.15) is 0 Å². The summed E-state index contributed by atoms with van der Waals surface area (Å²) in [6, 6.07) is 15.1. The van der Waals surface area contributed by atoms with Gasteiger partial charge >= 0.3 is 0 Å². The van der Waals surface area contributed by atoms with E-state index in [0.717, 1.165) is 28.4 Å². The fraction of sp³-hybridized carbons (Fsp3) is 0.429. The predicted molar refractivity (Wildman–Crippen MR) is 145 cm³/mol. The molecule has 9 heteroatoms. The molecule has 1 amide bonds. The van der Waals surface area contributed by atoms with Crippen LogP contribution in [0.15, 0.2) is 70.7 Å². The van der Waals surface area contributed by atoms with E-state index in [1.54, 1.807) is 6.08 Å². The van der Waals surface area contributed by atoms with E-state index in [1.165, 1.54) is 0 Å². The number of hydrogen-bond acceptors (Lipinski definition) is 7. The van der Waals surface area contributed by atoms with Crippen molar-refractivity contribution in [1.82, 2.24) is 10.9 Å². The highest BCUT2D eigenvalue weighted by molar-refractivity contribution is 9.10. The molecular weight excluding hydrogens is 538 g/mol. The first-order valence-corrected chi connectivity index (χ1v) is 13.5. The lowest BCUT2D eigenvalue weighted by Crippen LogP contribution is -2.55. The van der Waals surface area contributed by atoms with Crippen molar-refractivity contribution >= 4 is 27.7 Å². The molecule has 1 aliphatic carbocycles. The summed E-state index contributed by atoms with van der Waals surface area (Å²) in [5.41, 5.74) is 6.35. The number of benzene rings is 2. The highest BCUT2D eigenvalue weighted by Gasteiger charge is 2.52. The number of aliphatic hydroxyl groups is 2. The lowest BCUT2D eigenvalue weighted by Gasteiger charge is -2.32. The predicted octanol–water partition coefficient (Wildman–Crippen LogP) is 3.97. The molecule has 0 radical (unpaired) electrons. The van der Waals surface area contributed by atoms with Crippen molar-refractivity contribution in [1.29, 1.82) is 0 Å². The number of rotatable bonds is 11. The summed E-state index contributed by atoms with van der Waals surface area (Å²) in [6.45, 7) is 4.40. The molecule has 1 heterocycles. The van der Waals surface area contributed by atoms with Crippen LogP contribution >= 0.6 is 15.9 Å². The molecule has 2 aromatic carbocycles. The van der Waals surface area contributed by atoms with Crippen LogP contribution in [-0.2, 0) is 9.53 Å². The van der Waals surface area contributed by atoms with Crippen LogP contribution < -0.4 is 15.6 Å². The van der Waals surface area contributed by atoms with Crippen LogP contribution in [0.2, 0.25) is 0 Å². The third kappa shape index (κ3) is 6.59. The zero-order valence-corrected chi connectivity index (χ0v) is 22.3. The minimum atomic E-state index is -1.26. The second-order valence-corrected chi connectivity index (χ2v) is 10.4. The maximum absolute atomic E-state index is 13.8. The van der Waals surface area contributed by atoms with Gasteiger partial charge in [0.05, 0.1) is 12.7 Å². The second-order valence-electron chi connectivity index (χ2n) is 9.44. The summed E-state index contributed by atoms with van der Waals surface area (Å²) >= 11 is 3.47. The molecule has 8 nitrogen and oxygen atoms in total. The van der Waals surface area contributed by atoms with Crippen LogP contribution in [0.25, 0.3) is 0 Å². The maximum Gasteiger partial charge on any atom is 0.266 e. The number of aliphatic imine (C=N–C) groups is 1. The molecule has 0 spiro atoms. The Morgan fingerprint density at radius 3 is 2.51 bits per heavy atom. The van der Waals surface area contributed by atoms with Crippen molar-refractivity contribution in [2.45, 2.75) is 62.3 Å². The van der Waals surface area contributed by atoms with Crippen molar-refractivity contribution in [2.24, 2.45) is 4.99 Å². The number of ether oxygens (including phenoxy) is 2. The van der Waals surface area contributed by atoms with Gasteiger partial charge in [0.2, 0.25) is 5.90 Å². The van der Waals surface area contributed by atoms with Gasteiger partial charge in [-0.1, -0.05) is 34.1 Å². The molecule has 0 aromatic heterocycles. The summed E-state index contributed by atoms with van der Waals surface area (Å²) in [5.74, 6) is 0.746. The largest absolute Gasteiger partial charge is 0.494 e. The minimum absolute atomic E-state index is 0.0746. The van der Waals surface area contributed by atoms with Crippen LogP contribution in [0.3, 0.4) is 0 Å². The second kappa shape index (κ2) is 12.7. The number of nitrogens with one attached hydrogen (secondary N) is 2. The number of nitrogens with zero attached hydrogens (tertiary/aromatic N) is 1. The van der Waals surface area contributed by atoms with E-state index >= 15 is 0 Å². The first-order chi connectivity index (χ1) is 17.9. The molecule has 0 bridgehead atoms. The molecule has 0 unspecified atom stereocenters. The number of halogens is 1. The molecule has 0 saturated heterocycles. The molecular formula is C28H34BrN3O5. The average molecular weight is 573 g/mol. The number of hydrazine groups is 1. The Kier molecular flexibility index (Phi) is 9.37. The molecule has 4 rings (SSSR count). The normalized spacial score (nSPS) is 25.2. The summed E-state index contributed by atoms with van der Waals surface area (Å²) in [5, 5.41) is 18.8. The monoisotopic (exact) mass is 571 g/mol. The molecule has 4 N–H and O–H groups in total. The molecule has 198 valence electrons. The Labute approximate surface area is 225 Å². The van der Waals surface area contributed by atoms with E-state index in [1.807, 2.05) is 48.5 Å². The van der Waals surface area contributed by atoms with Crippen molar-refractivity contribution < 1.29 is 24.5 Å². The highest BCUT2D eigenvalue weighted by Crippen LogP contribution is 2.43. The van der Waals surface area contributed by atoms with Crippen molar-refractivity contribution in [3.05, 3.63) is 76.8 Å². The van der Waals surface area contributed by atoms with Crippen molar-refractivity contribution in [3.8, 4) is 5.75 Å². The van der Waals surface area contributed by atoms with Crippen molar-refractivity contribution in [3.63, 3.8) is 0 Å². The standard InChI is InChI=1S/C28H34BrN3O5/c1-2-16-28(27(35)32-31-22-10-12-23(34)13-11-22)25(19-4-8-21(29)9-5-19)37-26(30-28)20-6-14-24(15-7-20)36-18-3-17-33/h2,4-9,14-15,22-23,25,31,33-34H,1,3,10-13,16-18H2,(H,32,35)/t22?,23?,25-,28-/m0/s1. The molecule has 2 aromatic rings. The van der Waals surface area contributed by atoms with Crippen LogP contribution in [0, 0.1) is 0 Å². The molecule has 1 saturated carbocycles. The molecule has 2 atom stereocenters. The average Bonchev–Trinajstić information content (AvgIpc) is 3.30. The van der Waals surface area contributed by atoms with Gasteiger partial charge in [0, 0.05) is 35.5 Å². The molecule has 1 aliphatic heterocycles. The Hall–Kier alpha value is -2.72. The van der Waals surface area contributed by atoms with Crippen LogP contribution in [0.1, 0.15) is 55.8 Å². The smallest absolute Gasteiger partial charge is 0.266 e. The fourth-order valence-electron chi connectivity index (χ4n) is 4.67. The Morgan fingerprint density at radius 2 is 1.86 bits per heavy atom. The third-order valence-corrected chi connectivity index (χ3v) is 7.27. The lowest BCUT2D eigenvalue weighted by atomic mass is 9.84. The van der Waals surface area contributed by atoms with Gasteiger partial charge in [-0.05, 0) is 67.6 Å². The van der Waals surface area contributed by atoms with Gasteiger partial charge < -0.3 is 19.7 Å². The van der Waals surface area contributed by atoms with E-state index in [2.05, 4.69) is 33.4 Å². The van der Waals surface area contributed by atoms with Gasteiger partial charge in [0.1, 0.15) is 5.75 Å². The number of aliphatic hydroxyl groups excluding tert-OH is 2. The quantitative estimate of drug-likeness (QED) is 0.184. The van der Waals surface area contributed by atoms with Crippen LogP contribution in [0.4, 0.5) is 0 Å². The van der Waals surface area contributed by atoms with E-state index < -0.39 is 11.6 Å². The summed E-state index contributed by atoms with van der Waals surface area (Å²) in [4.78, 5) is 18.7. The van der Waals surface area contributed by atoms with Gasteiger partial charge in [-0.3, -0.25) is 10.2 Å². The number of carbonyl (C=O) groups excluding carboxylic acids is 1. The highest BCUT2D eigenvalue weighted by atomic mass is 79.9.